The smallest absolute Gasteiger partial charge is 0.243 e. The van der Waals surface area contributed by atoms with Crippen molar-refractivity contribution in [3.05, 3.63) is 54.1 Å². The number of carbonyl (C=O) groups excluding carboxylic acids is 1. The number of phenolic OH excluding ortho intramolecular Hbond substituents is 1. The van der Waals surface area contributed by atoms with Gasteiger partial charge in [0.1, 0.15) is 5.75 Å². The van der Waals surface area contributed by atoms with Gasteiger partial charge in [0.15, 0.2) is 0 Å². The molecule has 1 heterocycles. The predicted octanol–water partition coefficient (Wildman–Crippen LogP) is 2.66. The van der Waals surface area contributed by atoms with Crippen LogP contribution in [-0.4, -0.2) is 29.2 Å². The molecule has 0 radical (unpaired) electrons. The van der Waals surface area contributed by atoms with Gasteiger partial charge in [0.2, 0.25) is 5.91 Å². The van der Waals surface area contributed by atoms with E-state index in [4.69, 9.17) is 0 Å². The number of amides is 1. The highest BCUT2D eigenvalue weighted by atomic mass is 16.3. The molecule has 1 atom stereocenters. The summed E-state index contributed by atoms with van der Waals surface area (Å²) < 4.78 is 0. The summed E-state index contributed by atoms with van der Waals surface area (Å²) in [5.74, 6) is 0.0420. The van der Waals surface area contributed by atoms with Crippen LogP contribution >= 0.6 is 0 Å². The standard InChI is InChI=1S/C18H20N2O3/c21-14-9-7-13(8-10-14)19-18(23)12-20-11-3-6-17(22)15-4-1-2-5-16(15)20/h1-2,4-5,7-10,17,21-22H,3,6,11-12H2,(H,19,23). The molecule has 5 heteroatoms. The van der Waals surface area contributed by atoms with Crippen molar-refractivity contribution in [2.24, 2.45) is 0 Å². The van der Waals surface area contributed by atoms with Crippen molar-refractivity contribution in [1.82, 2.24) is 0 Å². The van der Waals surface area contributed by atoms with Gasteiger partial charge in [0.25, 0.3) is 0 Å². The monoisotopic (exact) mass is 312 g/mol. The Labute approximate surface area is 135 Å². The van der Waals surface area contributed by atoms with E-state index in [1.165, 1.54) is 12.1 Å². The van der Waals surface area contributed by atoms with Crippen LogP contribution in [-0.2, 0) is 4.79 Å². The maximum atomic E-state index is 12.3. The third-order valence-corrected chi connectivity index (χ3v) is 4.03. The molecule has 1 aliphatic heterocycles. The van der Waals surface area contributed by atoms with Crippen molar-refractivity contribution >= 4 is 17.3 Å². The van der Waals surface area contributed by atoms with E-state index in [1.807, 2.05) is 29.2 Å². The SMILES string of the molecule is O=C(CN1CCCC(O)c2ccccc21)Nc1ccc(O)cc1. The molecule has 2 aromatic rings. The zero-order valence-electron chi connectivity index (χ0n) is 12.8. The molecule has 0 fully saturated rings. The molecule has 1 unspecified atom stereocenters. The Morgan fingerprint density at radius 1 is 1.17 bits per heavy atom. The highest BCUT2D eigenvalue weighted by molar-refractivity contribution is 5.94. The predicted molar refractivity (Wildman–Crippen MR) is 89.6 cm³/mol. The number of carbonyl (C=O) groups is 1. The lowest BCUT2D eigenvalue weighted by Crippen LogP contribution is -2.33. The van der Waals surface area contributed by atoms with E-state index in [9.17, 15) is 15.0 Å². The quantitative estimate of drug-likeness (QED) is 0.762. The summed E-state index contributed by atoms with van der Waals surface area (Å²) in [4.78, 5) is 14.3. The summed E-state index contributed by atoms with van der Waals surface area (Å²) in [6.45, 7) is 0.960. The van der Waals surface area contributed by atoms with Crippen molar-refractivity contribution in [3.63, 3.8) is 0 Å². The minimum atomic E-state index is -0.476. The van der Waals surface area contributed by atoms with Crippen LogP contribution in [0.15, 0.2) is 48.5 Å². The minimum absolute atomic E-state index is 0.123. The Hall–Kier alpha value is -2.53. The molecule has 1 aliphatic rings. The summed E-state index contributed by atoms with van der Waals surface area (Å²) >= 11 is 0. The summed E-state index contributed by atoms with van der Waals surface area (Å²) in [5, 5.41) is 22.3. The number of hydrogen-bond acceptors (Lipinski definition) is 4. The second-order valence-corrected chi connectivity index (χ2v) is 5.73. The number of nitrogens with zero attached hydrogens (tertiary/aromatic N) is 1. The maximum Gasteiger partial charge on any atom is 0.243 e. The molecule has 0 saturated heterocycles. The van der Waals surface area contributed by atoms with Crippen LogP contribution in [0.4, 0.5) is 11.4 Å². The molecule has 3 N–H and O–H groups in total. The largest absolute Gasteiger partial charge is 0.508 e. The third-order valence-electron chi connectivity index (χ3n) is 4.03. The fraction of sp³-hybridized carbons (Fsp3) is 0.278. The van der Waals surface area contributed by atoms with Gasteiger partial charge in [-0.1, -0.05) is 18.2 Å². The average molecular weight is 312 g/mol. The van der Waals surface area contributed by atoms with Gasteiger partial charge in [-0.2, -0.15) is 0 Å². The highest BCUT2D eigenvalue weighted by Crippen LogP contribution is 2.32. The van der Waals surface area contributed by atoms with Crippen LogP contribution in [0.1, 0.15) is 24.5 Å². The van der Waals surface area contributed by atoms with Gasteiger partial charge >= 0.3 is 0 Å². The van der Waals surface area contributed by atoms with E-state index in [0.29, 0.717) is 12.1 Å². The van der Waals surface area contributed by atoms with E-state index >= 15 is 0 Å². The summed E-state index contributed by atoms with van der Waals surface area (Å²) in [6.07, 6.45) is 1.06. The number of anilines is 2. The molecule has 3 rings (SSSR count). The molecule has 5 nitrogen and oxygen atoms in total. The number of benzene rings is 2. The van der Waals surface area contributed by atoms with E-state index in [-0.39, 0.29) is 18.2 Å². The first-order chi connectivity index (χ1) is 11.1. The van der Waals surface area contributed by atoms with Crippen LogP contribution in [0.3, 0.4) is 0 Å². The molecule has 120 valence electrons. The van der Waals surface area contributed by atoms with Crippen molar-refractivity contribution < 1.29 is 15.0 Å². The molecule has 0 bridgehead atoms. The van der Waals surface area contributed by atoms with Gasteiger partial charge in [-0.3, -0.25) is 4.79 Å². The molecule has 23 heavy (non-hydrogen) atoms. The second kappa shape index (κ2) is 6.71. The van der Waals surface area contributed by atoms with Crippen molar-refractivity contribution in [1.29, 1.82) is 0 Å². The maximum absolute atomic E-state index is 12.3. The Kier molecular flexibility index (Phi) is 4.48. The van der Waals surface area contributed by atoms with Crippen LogP contribution < -0.4 is 10.2 Å². The fourth-order valence-corrected chi connectivity index (χ4v) is 2.89. The number of rotatable bonds is 3. The third kappa shape index (κ3) is 3.63. The van der Waals surface area contributed by atoms with Crippen LogP contribution in [0.2, 0.25) is 0 Å². The van der Waals surface area contributed by atoms with Gasteiger partial charge in [0.05, 0.1) is 12.6 Å². The van der Waals surface area contributed by atoms with E-state index in [1.54, 1.807) is 12.1 Å². The highest BCUT2D eigenvalue weighted by Gasteiger charge is 2.22. The number of aromatic hydroxyl groups is 1. The van der Waals surface area contributed by atoms with Gasteiger partial charge in [-0.25, -0.2) is 0 Å². The first-order valence-electron chi connectivity index (χ1n) is 7.74. The number of aliphatic hydroxyl groups excluding tert-OH is 1. The Balaban J connectivity index is 1.72. The molecule has 0 saturated carbocycles. The zero-order chi connectivity index (χ0) is 16.2. The van der Waals surface area contributed by atoms with E-state index < -0.39 is 6.10 Å². The summed E-state index contributed by atoms with van der Waals surface area (Å²) in [7, 11) is 0. The molecular formula is C18H20N2O3. The molecule has 2 aromatic carbocycles. The molecular weight excluding hydrogens is 292 g/mol. The van der Waals surface area contributed by atoms with Gasteiger partial charge < -0.3 is 20.4 Å². The molecule has 0 spiro atoms. The first-order valence-corrected chi connectivity index (χ1v) is 7.74. The lowest BCUT2D eigenvalue weighted by atomic mass is 10.0. The normalized spacial score (nSPS) is 17.3. The number of hydrogen-bond donors (Lipinski definition) is 3. The van der Waals surface area contributed by atoms with Crippen molar-refractivity contribution in [3.8, 4) is 5.75 Å². The Morgan fingerprint density at radius 3 is 2.70 bits per heavy atom. The zero-order valence-corrected chi connectivity index (χ0v) is 12.8. The number of nitrogens with one attached hydrogen (secondary N) is 1. The fourth-order valence-electron chi connectivity index (χ4n) is 2.89. The average Bonchev–Trinajstić information content (AvgIpc) is 2.70. The molecule has 0 aliphatic carbocycles. The van der Waals surface area contributed by atoms with Crippen molar-refractivity contribution in [2.45, 2.75) is 18.9 Å². The topological polar surface area (TPSA) is 72.8 Å². The summed E-state index contributed by atoms with van der Waals surface area (Å²) in [5.41, 5.74) is 2.44. The number of phenols is 1. The Morgan fingerprint density at radius 2 is 1.91 bits per heavy atom. The second-order valence-electron chi connectivity index (χ2n) is 5.73. The van der Waals surface area contributed by atoms with Crippen LogP contribution in [0.25, 0.3) is 0 Å². The van der Waals surface area contributed by atoms with Gasteiger partial charge in [0, 0.05) is 23.5 Å². The lowest BCUT2D eigenvalue weighted by Gasteiger charge is -2.24. The number of fused-ring (bicyclic) bond motifs is 1. The lowest BCUT2D eigenvalue weighted by molar-refractivity contribution is -0.115. The van der Waals surface area contributed by atoms with Gasteiger partial charge in [-0.05, 0) is 43.2 Å². The van der Waals surface area contributed by atoms with Crippen LogP contribution in [0.5, 0.6) is 5.75 Å². The minimum Gasteiger partial charge on any atom is -0.508 e. The Bertz CT molecular complexity index is 685. The van der Waals surface area contributed by atoms with E-state index in [0.717, 1.165) is 24.2 Å². The van der Waals surface area contributed by atoms with E-state index in [2.05, 4.69) is 5.32 Å². The molecule has 0 aromatic heterocycles. The van der Waals surface area contributed by atoms with Crippen molar-refractivity contribution in [2.75, 3.05) is 23.3 Å². The van der Waals surface area contributed by atoms with Crippen LogP contribution in [0, 0.1) is 0 Å². The molecule has 1 amide bonds. The first kappa shape index (κ1) is 15.4. The number of aliphatic hydroxyl groups is 1. The number of para-hydroxylation sites is 1. The summed E-state index contributed by atoms with van der Waals surface area (Å²) in [6, 6.07) is 14.1. The van der Waals surface area contributed by atoms with Gasteiger partial charge in [-0.15, -0.1) is 0 Å².